The van der Waals surface area contributed by atoms with Crippen LogP contribution in [0.3, 0.4) is 0 Å². The first-order valence-electron chi connectivity index (χ1n) is 7.97. The minimum Gasteiger partial charge on any atom is -0.494 e. The van der Waals surface area contributed by atoms with Crippen LogP contribution in [-0.4, -0.2) is 12.4 Å². The molecule has 1 nitrogen and oxygen atoms in total. The molecule has 0 amide bonds. The first kappa shape index (κ1) is 18.7. The van der Waals surface area contributed by atoms with E-state index in [0.29, 0.717) is 6.61 Å². The SMILES string of the molecule is FC(F)(F)c1ccc(CSCCCCCOc2ccccc2)cc1. The zero-order valence-corrected chi connectivity index (χ0v) is 14.2. The summed E-state index contributed by atoms with van der Waals surface area (Å²) in [6.07, 6.45) is -1.07. The molecular weight excluding hydrogens is 333 g/mol. The molecule has 2 aromatic rings. The molecule has 130 valence electrons. The summed E-state index contributed by atoms with van der Waals surface area (Å²) in [5.41, 5.74) is 0.343. The molecule has 0 aliphatic rings. The average molecular weight is 354 g/mol. The lowest BCUT2D eigenvalue weighted by atomic mass is 10.1. The lowest BCUT2D eigenvalue weighted by Gasteiger charge is -2.08. The number of ether oxygens (including phenoxy) is 1. The number of thioether (sulfide) groups is 1. The number of para-hydroxylation sites is 1. The minimum atomic E-state index is -4.26. The fourth-order valence-electron chi connectivity index (χ4n) is 2.17. The van der Waals surface area contributed by atoms with Crippen molar-refractivity contribution in [2.75, 3.05) is 12.4 Å². The lowest BCUT2D eigenvalue weighted by molar-refractivity contribution is -0.137. The Bertz CT molecular complexity index is 582. The van der Waals surface area contributed by atoms with Crippen molar-refractivity contribution in [2.24, 2.45) is 0 Å². The number of halogens is 3. The predicted octanol–water partition coefficient (Wildman–Crippen LogP) is 6.19. The average Bonchev–Trinajstić information content (AvgIpc) is 2.58. The van der Waals surface area contributed by atoms with Crippen LogP contribution in [-0.2, 0) is 11.9 Å². The normalized spacial score (nSPS) is 11.5. The molecule has 24 heavy (non-hydrogen) atoms. The highest BCUT2D eigenvalue weighted by Gasteiger charge is 2.29. The molecule has 0 atom stereocenters. The van der Waals surface area contributed by atoms with Crippen molar-refractivity contribution in [2.45, 2.75) is 31.2 Å². The predicted molar refractivity (Wildman–Crippen MR) is 93.4 cm³/mol. The summed E-state index contributed by atoms with van der Waals surface area (Å²) in [5, 5.41) is 0. The molecule has 5 heteroatoms. The van der Waals surface area contributed by atoms with Gasteiger partial charge in [-0.05, 0) is 54.8 Å². The summed E-state index contributed by atoms with van der Waals surface area (Å²) in [4.78, 5) is 0. The van der Waals surface area contributed by atoms with Gasteiger partial charge in [-0.3, -0.25) is 0 Å². The number of alkyl halides is 3. The van der Waals surface area contributed by atoms with Crippen LogP contribution in [0.2, 0.25) is 0 Å². The van der Waals surface area contributed by atoms with Gasteiger partial charge in [-0.25, -0.2) is 0 Å². The van der Waals surface area contributed by atoms with Crippen molar-refractivity contribution in [3.05, 3.63) is 65.7 Å². The second-order valence-corrected chi connectivity index (χ2v) is 6.57. The van der Waals surface area contributed by atoms with Gasteiger partial charge >= 0.3 is 6.18 Å². The van der Waals surface area contributed by atoms with Gasteiger partial charge in [0.25, 0.3) is 0 Å². The first-order chi connectivity index (χ1) is 11.6. The maximum absolute atomic E-state index is 12.5. The summed E-state index contributed by atoms with van der Waals surface area (Å²) in [6.45, 7) is 0.716. The van der Waals surface area contributed by atoms with Gasteiger partial charge in [0.05, 0.1) is 12.2 Å². The second kappa shape index (κ2) is 9.62. The van der Waals surface area contributed by atoms with Gasteiger partial charge in [0, 0.05) is 5.75 Å². The largest absolute Gasteiger partial charge is 0.494 e. The lowest BCUT2D eigenvalue weighted by Crippen LogP contribution is -2.04. The van der Waals surface area contributed by atoms with E-state index >= 15 is 0 Å². The van der Waals surface area contributed by atoms with Crippen LogP contribution in [0.5, 0.6) is 5.75 Å². The van der Waals surface area contributed by atoms with E-state index in [1.165, 1.54) is 0 Å². The van der Waals surface area contributed by atoms with E-state index in [1.807, 2.05) is 30.3 Å². The van der Waals surface area contributed by atoms with Crippen LogP contribution in [0.4, 0.5) is 13.2 Å². The Balaban J connectivity index is 1.52. The molecule has 0 aliphatic heterocycles. The van der Waals surface area contributed by atoms with E-state index in [0.717, 1.165) is 54.2 Å². The van der Waals surface area contributed by atoms with E-state index < -0.39 is 11.7 Å². The van der Waals surface area contributed by atoms with Crippen molar-refractivity contribution in [3.8, 4) is 5.75 Å². The van der Waals surface area contributed by atoms with E-state index in [4.69, 9.17) is 4.74 Å². The molecule has 0 fully saturated rings. The van der Waals surface area contributed by atoms with Gasteiger partial charge in [0.1, 0.15) is 5.75 Å². The van der Waals surface area contributed by atoms with Gasteiger partial charge < -0.3 is 4.74 Å². The van der Waals surface area contributed by atoms with Gasteiger partial charge in [-0.2, -0.15) is 24.9 Å². The molecule has 0 saturated carbocycles. The molecule has 2 rings (SSSR count). The van der Waals surface area contributed by atoms with Crippen LogP contribution in [0.15, 0.2) is 54.6 Å². The van der Waals surface area contributed by atoms with Crippen LogP contribution < -0.4 is 4.74 Å². The van der Waals surface area contributed by atoms with Crippen LogP contribution >= 0.6 is 11.8 Å². The molecule has 0 N–H and O–H groups in total. The Labute approximate surface area is 145 Å². The monoisotopic (exact) mass is 354 g/mol. The third-order valence-corrected chi connectivity index (χ3v) is 4.61. The Morgan fingerprint density at radius 3 is 2.21 bits per heavy atom. The van der Waals surface area contributed by atoms with E-state index in [2.05, 4.69) is 0 Å². The van der Waals surface area contributed by atoms with E-state index in [1.54, 1.807) is 23.9 Å². The summed E-state index contributed by atoms with van der Waals surface area (Å²) < 4.78 is 43.0. The van der Waals surface area contributed by atoms with Crippen molar-refractivity contribution >= 4 is 11.8 Å². The summed E-state index contributed by atoms with van der Waals surface area (Å²) in [7, 11) is 0. The number of hydrogen-bond acceptors (Lipinski definition) is 2. The fourth-order valence-corrected chi connectivity index (χ4v) is 3.15. The standard InChI is InChI=1S/C19H21F3OS/c20-19(21,22)17-11-9-16(10-12-17)15-24-14-6-2-5-13-23-18-7-3-1-4-8-18/h1,3-4,7-12H,2,5-6,13-15H2. The van der Waals surface area contributed by atoms with Crippen molar-refractivity contribution < 1.29 is 17.9 Å². The topological polar surface area (TPSA) is 9.23 Å². The zero-order chi connectivity index (χ0) is 17.3. The third kappa shape index (κ3) is 6.87. The third-order valence-electron chi connectivity index (χ3n) is 3.49. The fraction of sp³-hybridized carbons (Fsp3) is 0.368. The van der Waals surface area contributed by atoms with Gasteiger partial charge in [0.15, 0.2) is 0 Å². The number of hydrogen-bond donors (Lipinski definition) is 0. The first-order valence-corrected chi connectivity index (χ1v) is 9.13. The quantitative estimate of drug-likeness (QED) is 0.497. The number of benzene rings is 2. The van der Waals surface area contributed by atoms with Crippen LogP contribution in [0, 0.1) is 0 Å². The molecular formula is C19H21F3OS. The highest BCUT2D eigenvalue weighted by atomic mass is 32.2. The van der Waals surface area contributed by atoms with E-state index in [-0.39, 0.29) is 0 Å². The Morgan fingerprint density at radius 1 is 0.833 bits per heavy atom. The maximum atomic E-state index is 12.5. The van der Waals surface area contributed by atoms with Crippen LogP contribution in [0.25, 0.3) is 0 Å². The molecule has 0 spiro atoms. The molecule has 0 bridgehead atoms. The Hall–Kier alpha value is -1.62. The van der Waals surface area contributed by atoms with Crippen LogP contribution in [0.1, 0.15) is 30.4 Å². The molecule has 0 unspecified atom stereocenters. The van der Waals surface area contributed by atoms with Gasteiger partial charge in [-0.1, -0.05) is 30.3 Å². The Kier molecular flexibility index (Phi) is 7.50. The molecule has 0 saturated heterocycles. The molecule has 0 heterocycles. The maximum Gasteiger partial charge on any atom is 0.416 e. The molecule has 2 aromatic carbocycles. The van der Waals surface area contributed by atoms with Crippen molar-refractivity contribution in [1.29, 1.82) is 0 Å². The summed E-state index contributed by atoms with van der Waals surface area (Å²) >= 11 is 1.75. The molecule has 0 aromatic heterocycles. The second-order valence-electron chi connectivity index (χ2n) is 5.47. The zero-order valence-electron chi connectivity index (χ0n) is 13.4. The molecule has 0 aliphatic carbocycles. The van der Waals surface area contributed by atoms with Crippen molar-refractivity contribution in [3.63, 3.8) is 0 Å². The van der Waals surface area contributed by atoms with Gasteiger partial charge in [0.2, 0.25) is 0 Å². The van der Waals surface area contributed by atoms with Gasteiger partial charge in [-0.15, -0.1) is 0 Å². The minimum absolute atomic E-state index is 0.588. The highest BCUT2D eigenvalue weighted by Crippen LogP contribution is 2.29. The highest BCUT2D eigenvalue weighted by molar-refractivity contribution is 7.98. The summed E-state index contributed by atoms with van der Waals surface area (Å²) in [6, 6.07) is 15.2. The number of rotatable bonds is 9. The number of unbranched alkanes of at least 4 members (excludes halogenated alkanes) is 2. The van der Waals surface area contributed by atoms with Crippen molar-refractivity contribution in [1.82, 2.24) is 0 Å². The smallest absolute Gasteiger partial charge is 0.416 e. The molecule has 0 radical (unpaired) electrons. The van der Waals surface area contributed by atoms with E-state index in [9.17, 15) is 13.2 Å². The summed E-state index contributed by atoms with van der Waals surface area (Å²) in [5.74, 6) is 2.65. The Morgan fingerprint density at radius 2 is 1.54 bits per heavy atom.